The summed E-state index contributed by atoms with van der Waals surface area (Å²) in [6.45, 7) is 2.10. The Bertz CT molecular complexity index is 559. The number of nitrogens with one attached hydrogen (secondary N) is 1. The van der Waals surface area contributed by atoms with Crippen molar-refractivity contribution >= 4 is 28.2 Å². The molecule has 1 amide bonds. The lowest BCUT2D eigenvalue weighted by atomic mass is 10.1. The number of ether oxygens (including phenoxy) is 1. The van der Waals surface area contributed by atoms with Gasteiger partial charge >= 0.3 is 5.97 Å². The summed E-state index contributed by atoms with van der Waals surface area (Å²) in [6.07, 6.45) is 3.59. The molecule has 3 N–H and O–H groups in total. The van der Waals surface area contributed by atoms with Gasteiger partial charge in [-0.2, -0.15) is 0 Å². The molecule has 2 saturated carbocycles. The third-order valence-electron chi connectivity index (χ3n) is 3.78. The lowest BCUT2D eigenvalue weighted by Gasteiger charge is -2.11. The molecule has 0 spiro atoms. The fourth-order valence-corrected chi connectivity index (χ4v) is 3.19. The normalized spacial score (nSPS) is 19.5. The van der Waals surface area contributed by atoms with Gasteiger partial charge in [-0.15, -0.1) is 11.3 Å². The Morgan fingerprint density at radius 2 is 2.20 bits per heavy atom. The summed E-state index contributed by atoms with van der Waals surface area (Å²) in [6, 6.07) is 0. The molecular formula is C14H18N2O3S. The standard InChI is InChI=1S/C14H18N2O3S/c1-2-19-12(17)10-9(8-3-4-8)7-20-11(10)16-13(18)14(15)5-6-14/h7-8H,2-6,15H2,1H3,(H,16,18). The molecule has 2 aliphatic carbocycles. The number of thiophene rings is 1. The Hall–Kier alpha value is -1.40. The molecule has 20 heavy (non-hydrogen) atoms. The summed E-state index contributed by atoms with van der Waals surface area (Å²) in [7, 11) is 0. The van der Waals surface area contributed by atoms with E-state index >= 15 is 0 Å². The summed E-state index contributed by atoms with van der Waals surface area (Å²) in [5, 5.41) is 5.34. The molecule has 0 unspecified atom stereocenters. The Balaban J connectivity index is 1.85. The van der Waals surface area contributed by atoms with Crippen LogP contribution < -0.4 is 11.1 Å². The lowest BCUT2D eigenvalue weighted by Crippen LogP contribution is -2.38. The van der Waals surface area contributed by atoms with Crippen molar-refractivity contribution in [3.05, 3.63) is 16.5 Å². The average Bonchev–Trinajstić information content (AvgIpc) is 3.32. The molecule has 108 valence electrons. The third-order valence-corrected chi connectivity index (χ3v) is 4.70. The molecule has 0 saturated heterocycles. The highest BCUT2D eigenvalue weighted by molar-refractivity contribution is 7.15. The van der Waals surface area contributed by atoms with Gasteiger partial charge in [0.2, 0.25) is 5.91 Å². The van der Waals surface area contributed by atoms with Gasteiger partial charge in [0, 0.05) is 0 Å². The van der Waals surface area contributed by atoms with Crippen molar-refractivity contribution in [3.63, 3.8) is 0 Å². The zero-order valence-electron chi connectivity index (χ0n) is 11.4. The fraction of sp³-hybridized carbons (Fsp3) is 0.571. The maximum absolute atomic E-state index is 12.1. The van der Waals surface area contributed by atoms with Crippen molar-refractivity contribution in [1.29, 1.82) is 0 Å². The van der Waals surface area contributed by atoms with Crippen LogP contribution in [0.5, 0.6) is 0 Å². The van der Waals surface area contributed by atoms with E-state index in [4.69, 9.17) is 10.5 Å². The first kappa shape index (κ1) is 13.6. The molecule has 5 nitrogen and oxygen atoms in total. The molecule has 0 atom stereocenters. The predicted octanol–water partition coefficient (Wildman–Crippen LogP) is 2.23. The van der Waals surface area contributed by atoms with E-state index in [2.05, 4.69) is 5.32 Å². The van der Waals surface area contributed by atoms with Crippen LogP contribution in [0.2, 0.25) is 0 Å². The second-order valence-electron chi connectivity index (χ2n) is 5.50. The molecule has 6 heteroatoms. The molecule has 1 aromatic rings. The van der Waals surface area contributed by atoms with Gasteiger partial charge in [0.1, 0.15) is 5.00 Å². The van der Waals surface area contributed by atoms with Gasteiger partial charge in [0.15, 0.2) is 0 Å². The van der Waals surface area contributed by atoms with Crippen molar-refractivity contribution in [2.75, 3.05) is 11.9 Å². The van der Waals surface area contributed by atoms with E-state index in [0.717, 1.165) is 18.4 Å². The van der Waals surface area contributed by atoms with E-state index in [-0.39, 0.29) is 11.9 Å². The molecule has 2 fully saturated rings. The summed E-state index contributed by atoms with van der Waals surface area (Å²) >= 11 is 1.38. The van der Waals surface area contributed by atoms with Crippen LogP contribution >= 0.6 is 11.3 Å². The Labute approximate surface area is 121 Å². The van der Waals surface area contributed by atoms with E-state index in [1.54, 1.807) is 6.92 Å². The van der Waals surface area contributed by atoms with Crippen molar-refractivity contribution in [3.8, 4) is 0 Å². The minimum Gasteiger partial charge on any atom is -0.462 e. The Morgan fingerprint density at radius 1 is 1.50 bits per heavy atom. The van der Waals surface area contributed by atoms with Crippen molar-refractivity contribution < 1.29 is 14.3 Å². The Kier molecular flexibility index (Phi) is 3.30. The lowest BCUT2D eigenvalue weighted by molar-refractivity contribution is -0.118. The average molecular weight is 294 g/mol. The number of rotatable bonds is 5. The highest BCUT2D eigenvalue weighted by Crippen LogP contribution is 2.46. The van der Waals surface area contributed by atoms with Crippen LogP contribution in [0.25, 0.3) is 0 Å². The van der Waals surface area contributed by atoms with Crippen LogP contribution in [0, 0.1) is 0 Å². The highest BCUT2D eigenvalue weighted by atomic mass is 32.1. The molecule has 0 aliphatic heterocycles. The summed E-state index contributed by atoms with van der Waals surface area (Å²) < 4.78 is 5.11. The first-order valence-corrected chi connectivity index (χ1v) is 7.82. The minimum absolute atomic E-state index is 0.202. The molecule has 0 aromatic carbocycles. The number of amides is 1. The van der Waals surface area contributed by atoms with Gasteiger partial charge in [-0.25, -0.2) is 4.79 Å². The monoisotopic (exact) mass is 294 g/mol. The topological polar surface area (TPSA) is 81.4 Å². The summed E-state index contributed by atoms with van der Waals surface area (Å²) in [5.41, 5.74) is 6.67. The van der Waals surface area contributed by atoms with Crippen LogP contribution in [-0.2, 0) is 9.53 Å². The first-order valence-electron chi connectivity index (χ1n) is 6.94. The van der Waals surface area contributed by atoms with E-state index in [9.17, 15) is 9.59 Å². The smallest absolute Gasteiger partial charge is 0.341 e. The molecule has 0 bridgehead atoms. The van der Waals surface area contributed by atoms with Gasteiger partial charge in [-0.1, -0.05) is 0 Å². The molecule has 1 heterocycles. The van der Waals surface area contributed by atoms with Crippen LogP contribution in [0.1, 0.15) is 54.4 Å². The van der Waals surface area contributed by atoms with Crippen molar-refractivity contribution in [2.45, 2.75) is 44.1 Å². The number of carbonyl (C=O) groups is 2. The van der Waals surface area contributed by atoms with Crippen LogP contribution in [-0.4, -0.2) is 24.0 Å². The van der Waals surface area contributed by atoms with E-state index < -0.39 is 5.54 Å². The largest absolute Gasteiger partial charge is 0.462 e. The van der Waals surface area contributed by atoms with Gasteiger partial charge in [0.05, 0.1) is 17.7 Å². The van der Waals surface area contributed by atoms with Gasteiger partial charge < -0.3 is 15.8 Å². The van der Waals surface area contributed by atoms with Crippen LogP contribution in [0.3, 0.4) is 0 Å². The number of nitrogens with two attached hydrogens (primary N) is 1. The number of hydrogen-bond acceptors (Lipinski definition) is 5. The Morgan fingerprint density at radius 3 is 2.75 bits per heavy atom. The van der Waals surface area contributed by atoms with Crippen molar-refractivity contribution in [2.24, 2.45) is 5.73 Å². The number of carbonyl (C=O) groups excluding carboxylic acids is 2. The summed E-state index contributed by atoms with van der Waals surface area (Å²) in [4.78, 5) is 24.2. The van der Waals surface area contributed by atoms with Gasteiger partial charge in [0.25, 0.3) is 0 Å². The molecule has 2 aliphatic rings. The van der Waals surface area contributed by atoms with E-state index in [1.165, 1.54) is 11.3 Å². The first-order chi connectivity index (χ1) is 9.55. The highest BCUT2D eigenvalue weighted by Gasteiger charge is 2.46. The molecular weight excluding hydrogens is 276 g/mol. The van der Waals surface area contributed by atoms with Crippen LogP contribution in [0.15, 0.2) is 5.38 Å². The maximum atomic E-state index is 12.1. The third kappa shape index (κ3) is 2.45. The second kappa shape index (κ2) is 4.86. The molecule has 0 radical (unpaired) electrons. The quantitative estimate of drug-likeness (QED) is 0.816. The maximum Gasteiger partial charge on any atom is 0.341 e. The minimum atomic E-state index is -0.740. The number of anilines is 1. The zero-order chi connectivity index (χ0) is 14.3. The SMILES string of the molecule is CCOC(=O)c1c(C2CC2)csc1NC(=O)C1(N)CC1. The molecule has 3 rings (SSSR count). The summed E-state index contributed by atoms with van der Waals surface area (Å²) in [5.74, 6) is -0.121. The second-order valence-corrected chi connectivity index (χ2v) is 6.38. The zero-order valence-corrected chi connectivity index (χ0v) is 12.2. The predicted molar refractivity (Wildman–Crippen MR) is 77.0 cm³/mol. The fourth-order valence-electron chi connectivity index (χ4n) is 2.16. The molecule has 1 aromatic heterocycles. The van der Waals surface area contributed by atoms with Gasteiger partial charge in [-0.3, -0.25) is 4.79 Å². The van der Waals surface area contributed by atoms with E-state index in [1.807, 2.05) is 5.38 Å². The van der Waals surface area contributed by atoms with Crippen LogP contribution in [0.4, 0.5) is 5.00 Å². The van der Waals surface area contributed by atoms with Gasteiger partial charge in [-0.05, 0) is 49.5 Å². The number of hydrogen-bond donors (Lipinski definition) is 2. The van der Waals surface area contributed by atoms with E-state index in [0.29, 0.717) is 35.9 Å². The van der Waals surface area contributed by atoms with Crippen molar-refractivity contribution in [1.82, 2.24) is 0 Å². The number of esters is 1.